The molecule has 0 bridgehead atoms. The highest BCUT2D eigenvalue weighted by atomic mass is 35.5. The smallest absolute Gasteiger partial charge is 0.281 e. The molecule has 0 amide bonds. The number of alkyl halides is 1. The van der Waals surface area contributed by atoms with E-state index in [1.807, 2.05) is 0 Å². The van der Waals surface area contributed by atoms with E-state index in [1.165, 1.54) is 48.5 Å². The SMILES string of the molecule is O=S(=O)(O)C(c1ccccc1)(c1ccccc1)C1(Cl)C(Cl)=C(Cl)C(Cl)=C([O-])C1O. The van der Waals surface area contributed by atoms with E-state index < -0.39 is 46.7 Å². The first-order valence-corrected chi connectivity index (χ1v) is 11.0. The van der Waals surface area contributed by atoms with Crippen LogP contribution in [-0.2, 0) is 14.9 Å². The number of hydrogen-bond donors (Lipinski definition) is 2. The number of rotatable bonds is 4. The second kappa shape index (κ2) is 7.78. The highest BCUT2D eigenvalue weighted by Gasteiger charge is 2.67. The van der Waals surface area contributed by atoms with Crippen molar-refractivity contribution >= 4 is 56.5 Å². The van der Waals surface area contributed by atoms with E-state index in [0.29, 0.717) is 0 Å². The Morgan fingerprint density at radius 2 is 1.31 bits per heavy atom. The molecule has 2 unspecified atom stereocenters. The molecule has 0 aliphatic heterocycles. The third-order valence-electron chi connectivity index (χ3n) is 4.81. The maximum absolute atomic E-state index is 13.0. The van der Waals surface area contributed by atoms with E-state index >= 15 is 0 Å². The van der Waals surface area contributed by atoms with Gasteiger partial charge in [0.1, 0.15) is 4.87 Å². The molecule has 5 nitrogen and oxygen atoms in total. The molecular formula is C19H13Cl4O5S-. The minimum absolute atomic E-state index is 0.0452. The zero-order valence-electron chi connectivity index (χ0n) is 14.4. The Morgan fingerprint density at radius 1 is 0.897 bits per heavy atom. The summed E-state index contributed by atoms with van der Waals surface area (Å²) in [6.45, 7) is 0. The lowest BCUT2D eigenvalue weighted by Gasteiger charge is -2.50. The maximum Gasteiger partial charge on any atom is 0.281 e. The first-order valence-electron chi connectivity index (χ1n) is 8.09. The lowest BCUT2D eigenvalue weighted by Crippen LogP contribution is -2.62. The fourth-order valence-corrected chi connectivity index (χ4v) is 6.64. The maximum atomic E-state index is 13.0. The summed E-state index contributed by atoms with van der Waals surface area (Å²) in [6, 6.07) is 14.8. The molecular weight excluding hydrogens is 482 g/mol. The molecule has 2 aromatic carbocycles. The standard InChI is InChI=1S/C19H14Cl4O5S/c20-13-14(21)16(22)18(23,17(25)15(13)24)19(29(26,27)28,11-7-3-1-4-8-11)12-9-5-2-6-10-12/h1-10,17,24-25H,(H,26,27,28)/p-1. The molecule has 2 N–H and O–H groups in total. The van der Waals surface area contributed by atoms with Crippen LogP contribution in [0.2, 0.25) is 0 Å². The Bertz CT molecular complexity index is 1060. The second-order valence-corrected chi connectivity index (χ2v) is 9.60. The van der Waals surface area contributed by atoms with Gasteiger partial charge >= 0.3 is 0 Å². The molecule has 3 rings (SSSR count). The van der Waals surface area contributed by atoms with Gasteiger partial charge in [-0.05, 0) is 11.1 Å². The lowest BCUT2D eigenvalue weighted by molar-refractivity contribution is -0.322. The van der Waals surface area contributed by atoms with E-state index in [0.717, 1.165) is 0 Å². The molecule has 0 aromatic heterocycles. The Labute approximate surface area is 187 Å². The first-order chi connectivity index (χ1) is 13.5. The Balaban J connectivity index is 2.58. The number of benzene rings is 2. The molecule has 1 aliphatic rings. The molecule has 2 aromatic rings. The van der Waals surface area contributed by atoms with Crippen LogP contribution in [-0.4, -0.2) is 29.1 Å². The fourth-order valence-electron chi connectivity index (χ4n) is 3.55. The summed E-state index contributed by atoms with van der Waals surface area (Å²) in [5.41, 5.74) is -0.0904. The van der Waals surface area contributed by atoms with E-state index in [-0.39, 0.29) is 11.1 Å². The topological polar surface area (TPSA) is 97.7 Å². The van der Waals surface area contributed by atoms with Crippen LogP contribution in [0.15, 0.2) is 81.5 Å². The van der Waals surface area contributed by atoms with Crippen LogP contribution in [0.5, 0.6) is 0 Å². The van der Waals surface area contributed by atoms with Gasteiger partial charge in [0.05, 0.1) is 21.2 Å². The molecule has 154 valence electrons. The summed E-state index contributed by atoms with van der Waals surface area (Å²) in [4.78, 5) is -2.63. The van der Waals surface area contributed by atoms with Crippen molar-refractivity contribution in [1.82, 2.24) is 0 Å². The molecule has 2 atom stereocenters. The van der Waals surface area contributed by atoms with E-state index in [1.54, 1.807) is 12.1 Å². The molecule has 0 radical (unpaired) electrons. The van der Waals surface area contributed by atoms with E-state index in [9.17, 15) is 23.2 Å². The molecule has 0 fully saturated rings. The zero-order chi connectivity index (χ0) is 21.6. The minimum Gasteiger partial charge on any atom is -0.873 e. The summed E-state index contributed by atoms with van der Waals surface area (Å²) in [7, 11) is -5.19. The fraction of sp³-hybridized carbons (Fsp3) is 0.158. The van der Waals surface area contributed by atoms with Crippen molar-refractivity contribution in [3.8, 4) is 0 Å². The van der Waals surface area contributed by atoms with Gasteiger partial charge in [-0.3, -0.25) is 4.55 Å². The number of aliphatic hydroxyl groups is 1. The van der Waals surface area contributed by atoms with Crippen LogP contribution in [0.1, 0.15) is 11.1 Å². The molecule has 10 heteroatoms. The van der Waals surface area contributed by atoms with Crippen molar-refractivity contribution < 1.29 is 23.2 Å². The van der Waals surface area contributed by atoms with Crippen molar-refractivity contribution in [1.29, 1.82) is 0 Å². The zero-order valence-corrected chi connectivity index (χ0v) is 18.2. The van der Waals surface area contributed by atoms with Crippen molar-refractivity contribution in [3.05, 3.63) is 92.6 Å². The quantitative estimate of drug-likeness (QED) is 0.499. The largest absolute Gasteiger partial charge is 0.873 e. The number of allylic oxidation sites excluding steroid dienone is 2. The average Bonchev–Trinajstić information content (AvgIpc) is 2.71. The van der Waals surface area contributed by atoms with E-state index in [2.05, 4.69) is 0 Å². The van der Waals surface area contributed by atoms with Crippen LogP contribution in [0, 0.1) is 0 Å². The van der Waals surface area contributed by atoms with Crippen LogP contribution in [0.3, 0.4) is 0 Å². The number of halogens is 4. The third-order valence-corrected chi connectivity index (χ3v) is 8.70. The van der Waals surface area contributed by atoms with Crippen LogP contribution >= 0.6 is 46.4 Å². The Kier molecular flexibility index (Phi) is 6.02. The number of aliphatic hydroxyl groups excluding tert-OH is 1. The average molecular weight is 495 g/mol. The Morgan fingerprint density at radius 3 is 1.69 bits per heavy atom. The van der Waals surface area contributed by atoms with Gasteiger partial charge in [0.15, 0.2) is 4.75 Å². The van der Waals surface area contributed by atoms with Crippen molar-refractivity contribution in [2.24, 2.45) is 0 Å². The summed E-state index contributed by atoms with van der Waals surface area (Å²) >= 11 is 25.0. The summed E-state index contributed by atoms with van der Waals surface area (Å²) in [5.74, 6) is -1.13. The van der Waals surface area contributed by atoms with Crippen molar-refractivity contribution in [2.45, 2.75) is 15.7 Å². The normalized spacial score (nSPS) is 23.4. The monoisotopic (exact) mass is 493 g/mol. The van der Waals surface area contributed by atoms with Gasteiger partial charge in [-0.1, -0.05) is 101 Å². The summed E-state index contributed by atoms with van der Waals surface area (Å²) < 4.78 is 34.0. The molecule has 29 heavy (non-hydrogen) atoms. The van der Waals surface area contributed by atoms with Gasteiger partial charge in [-0.25, -0.2) is 0 Å². The number of hydrogen-bond acceptors (Lipinski definition) is 4. The van der Waals surface area contributed by atoms with Crippen molar-refractivity contribution in [3.63, 3.8) is 0 Å². The predicted molar refractivity (Wildman–Crippen MR) is 111 cm³/mol. The molecule has 0 spiro atoms. The van der Waals surface area contributed by atoms with Crippen LogP contribution in [0.25, 0.3) is 0 Å². The summed E-state index contributed by atoms with van der Waals surface area (Å²) in [6.07, 6.45) is -2.24. The summed E-state index contributed by atoms with van der Waals surface area (Å²) in [5, 5.41) is 21.7. The minimum atomic E-state index is -5.19. The highest BCUT2D eigenvalue weighted by molar-refractivity contribution is 7.87. The van der Waals surface area contributed by atoms with Crippen molar-refractivity contribution in [2.75, 3.05) is 0 Å². The molecule has 0 saturated carbocycles. The van der Waals surface area contributed by atoms with Crippen LogP contribution < -0.4 is 5.11 Å². The van der Waals surface area contributed by atoms with Gasteiger partial charge < -0.3 is 10.2 Å². The van der Waals surface area contributed by atoms with Gasteiger partial charge in [-0.15, -0.1) is 11.6 Å². The first kappa shape index (κ1) is 22.4. The second-order valence-electron chi connectivity index (χ2n) is 6.31. The van der Waals surface area contributed by atoms with Gasteiger partial charge in [0.25, 0.3) is 10.1 Å². The predicted octanol–water partition coefficient (Wildman–Crippen LogP) is 3.67. The molecule has 0 heterocycles. The van der Waals surface area contributed by atoms with Gasteiger partial charge in [0.2, 0.25) is 0 Å². The van der Waals surface area contributed by atoms with Gasteiger partial charge in [0, 0.05) is 0 Å². The lowest BCUT2D eigenvalue weighted by atomic mass is 9.74. The molecule has 0 saturated heterocycles. The van der Waals surface area contributed by atoms with E-state index in [4.69, 9.17) is 46.4 Å². The third kappa shape index (κ3) is 3.10. The van der Waals surface area contributed by atoms with Crippen LogP contribution in [0.4, 0.5) is 0 Å². The Hall–Kier alpha value is -1.25. The highest BCUT2D eigenvalue weighted by Crippen LogP contribution is 2.59. The van der Waals surface area contributed by atoms with Gasteiger partial charge in [-0.2, -0.15) is 8.42 Å². The molecule has 1 aliphatic carbocycles.